The van der Waals surface area contributed by atoms with Crippen molar-refractivity contribution in [2.45, 2.75) is 38.8 Å². The molecule has 0 aromatic rings. The Morgan fingerprint density at radius 3 is 2.33 bits per heavy atom. The van der Waals surface area contributed by atoms with Crippen molar-refractivity contribution in [1.82, 2.24) is 5.32 Å². The molecule has 2 nitrogen and oxygen atoms in total. The molecule has 0 rings (SSSR count). The lowest BCUT2D eigenvalue weighted by molar-refractivity contribution is -0.00792. The van der Waals surface area contributed by atoms with Crippen LogP contribution in [0.3, 0.4) is 0 Å². The number of likely N-dealkylation sites (N-methyl/N-ethyl adjacent to an activating group) is 1. The van der Waals surface area contributed by atoms with Gasteiger partial charge in [0.25, 0.3) is 0 Å². The van der Waals surface area contributed by atoms with Crippen LogP contribution < -0.4 is 5.32 Å². The average Bonchev–Trinajstić information content (AvgIpc) is 1.99. The smallest absolute Gasteiger partial charge is 0.0778 e. The van der Waals surface area contributed by atoms with Gasteiger partial charge in [-0.25, -0.2) is 0 Å². The third kappa shape index (κ3) is 3.37. The summed E-state index contributed by atoms with van der Waals surface area (Å²) in [7, 11) is 3.69. The zero-order valence-corrected chi connectivity index (χ0v) is 8.90. The predicted molar refractivity (Wildman–Crippen MR) is 53.4 cm³/mol. The van der Waals surface area contributed by atoms with Crippen LogP contribution in [0.15, 0.2) is 12.2 Å². The van der Waals surface area contributed by atoms with Gasteiger partial charge in [-0.1, -0.05) is 5.57 Å². The Hall–Kier alpha value is -0.340. The van der Waals surface area contributed by atoms with Gasteiger partial charge >= 0.3 is 0 Å². The largest absolute Gasteiger partial charge is 0.377 e. The highest BCUT2D eigenvalue weighted by Crippen LogP contribution is 2.18. The van der Waals surface area contributed by atoms with E-state index in [1.807, 2.05) is 14.0 Å². The standard InChI is InChI=1S/C10H21NO/c1-8(2)7-9(11-5)10(3,4)12-6/h9,11H,1,7H2,2-6H3. The SMILES string of the molecule is C=C(C)CC(NC)C(C)(C)OC. The Balaban J connectivity index is 4.23. The molecule has 0 saturated heterocycles. The first-order valence-corrected chi connectivity index (χ1v) is 4.31. The lowest BCUT2D eigenvalue weighted by Crippen LogP contribution is -2.46. The maximum Gasteiger partial charge on any atom is 0.0778 e. The minimum absolute atomic E-state index is 0.131. The molecule has 0 bridgehead atoms. The lowest BCUT2D eigenvalue weighted by Gasteiger charge is -2.33. The van der Waals surface area contributed by atoms with Gasteiger partial charge in [0.2, 0.25) is 0 Å². The molecule has 0 aromatic heterocycles. The highest BCUT2D eigenvalue weighted by atomic mass is 16.5. The summed E-state index contributed by atoms with van der Waals surface area (Å²) in [5.41, 5.74) is 1.05. The van der Waals surface area contributed by atoms with Crippen LogP contribution in [0.1, 0.15) is 27.2 Å². The van der Waals surface area contributed by atoms with E-state index in [0.717, 1.165) is 6.42 Å². The van der Waals surface area contributed by atoms with E-state index in [-0.39, 0.29) is 5.60 Å². The number of ether oxygens (including phenoxy) is 1. The molecular formula is C10H21NO. The average molecular weight is 171 g/mol. The lowest BCUT2D eigenvalue weighted by atomic mass is 9.93. The highest BCUT2D eigenvalue weighted by molar-refractivity contribution is 4.98. The van der Waals surface area contributed by atoms with Gasteiger partial charge in [0, 0.05) is 13.2 Å². The molecule has 0 spiro atoms. The van der Waals surface area contributed by atoms with Gasteiger partial charge in [0.05, 0.1) is 5.60 Å². The molecule has 72 valence electrons. The zero-order valence-electron chi connectivity index (χ0n) is 8.90. The van der Waals surface area contributed by atoms with Crippen molar-refractivity contribution in [3.8, 4) is 0 Å². The summed E-state index contributed by atoms with van der Waals surface area (Å²) in [6, 6.07) is 0.333. The molecule has 0 fully saturated rings. The molecule has 12 heavy (non-hydrogen) atoms. The molecule has 2 heteroatoms. The predicted octanol–water partition coefficient (Wildman–Crippen LogP) is 1.97. The van der Waals surface area contributed by atoms with Crippen molar-refractivity contribution < 1.29 is 4.74 Å². The minimum atomic E-state index is -0.131. The maximum atomic E-state index is 5.39. The summed E-state index contributed by atoms with van der Waals surface area (Å²) in [5, 5.41) is 3.24. The topological polar surface area (TPSA) is 21.3 Å². The fourth-order valence-electron chi connectivity index (χ4n) is 1.19. The Morgan fingerprint density at radius 2 is 2.08 bits per heavy atom. The van der Waals surface area contributed by atoms with E-state index in [4.69, 9.17) is 4.74 Å². The first kappa shape index (κ1) is 11.7. The molecule has 0 aliphatic carbocycles. The van der Waals surface area contributed by atoms with Crippen LogP contribution in [0, 0.1) is 0 Å². The minimum Gasteiger partial charge on any atom is -0.377 e. The molecule has 0 amide bonds. The molecule has 0 saturated carbocycles. The van der Waals surface area contributed by atoms with Crippen LogP contribution in [0.4, 0.5) is 0 Å². The summed E-state index contributed by atoms with van der Waals surface area (Å²) in [6.07, 6.45) is 0.956. The van der Waals surface area contributed by atoms with Crippen LogP contribution in [-0.4, -0.2) is 25.8 Å². The van der Waals surface area contributed by atoms with E-state index in [1.165, 1.54) is 5.57 Å². The van der Waals surface area contributed by atoms with Gasteiger partial charge < -0.3 is 10.1 Å². The number of hydrogen-bond donors (Lipinski definition) is 1. The van der Waals surface area contributed by atoms with Gasteiger partial charge in [-0.05, 0) is 34.2 Å². The molecule has 0 heterocycles. The summed E-state index contributed by atoms with van der Waals surface area (Å²) < 4.78 is 5.39. The van der Waals surface area contributed by atoms with Crippen molar-refractivity contribution in [2.75, 3.05) is 14.2 Å². The van der Waals surface area contributed by atoms with Crippen LogP contribution in [-0.2, 0) is 4.74 Å². The van der Waals surface area contributed by atoms with Gasteiger partial charge in [0.15, 0.2) is 0 Å². The molecular weight excluding hydrogens is 150 g/mol. The Labute approximate surface area is 76.0 Å². The highest BCUT2D eigenvalue weighted by Gasteiger charge is 2.27. The Morgan fingerprint density at radius 1 is 1.58 bits per heavy atom. The summed E-state index contributed by atoms with van der Waals surface area (Å²) >= 11 is 0. The quantitative estimate of drug-likeness (QED) is 0.638. The van der Waals surface area contributed by atoms with Crippen molar-refractivity contribution >= 4 is 0 Å². The number of hydrogen-bond acceptors (Lipinski definition) is 2. The third-order valence-electron chi connectivity index (χ3n) is 2.27. The van der Waals surface area contributed by atoms with Crippen LogP contribution in [0.25, 0.3) is 0 Å². The molecule has 0 radical (unpaired) electrons. The van der Waals surface area contributed by atoms with Gasteiger partial charge in [-0.15, -0.1) is 6.58 Å². The third-order valence-corrected chi connectivity index (χ3v) is 2.27. The van der Waals surface area contributed by atoms with Crippen LogP contribution in [0.2, 0.25) is 0 Å². The Bertz CT molecular complexity index is 152. The summed E-state index contributed by atoms with van der Waals surface area (Å²) in [4.78, 5) is 0. The second-order valence-electron chi connectivity index (χ2n) is 3.81. The van der Waals surface area contributed by atoms with Gasteiger partial charge in [0.1, 0.15) is 0 Å². The number of rotatable bonds is 5. The molecule has 0 aromatic carbocycles. The van der Waals surface area contributed by atoms with E-state index in [2.05, 4.69) is 25.7 Å². The fraction of sp³-hybridized carbons (Fsp3) is 0.800. The molecule has 0 aliphatic heterocycles. The van der Waals surface area contributed by atoms with Crippen molar-refractivity contribution in [2.24, 2.45) is 0 Å². The van der Waals surface area contributed by atoms with E-state index >= 15 is 0 Å². The van der Waals surface area contributed by atoms with Crippen LogP contribution in [0.5, 0.6) is 0 Å². The molecule has 0 aliphatic rings. The van der Waals surface area contributed by atoms with Crippen molar-refractivity contribution in [3.05, 3.63) is 12.2 Å². The fourth-order valence-corrected chi connectivity index (χ4v) is 1.19. The molecule has 1 N–H and O–H groups in total. The molecule has 1 unspecified atom stereocenters. The first-order valence-electron chi connectivity index (χ1n) is 4.31. The van der Waals surface area contributed by atoms with Gasteiger partial charge in [-0.2, -0.15) is 0 Å². The maximum absolute atomic E-state index is 5.39. The van der Waals surface area contributed by atoms with Crippen LogP contribution >= 0.6 is 0 Å². The summed E-state index contributed by atoms with van der Waals surface area (Å²) in [6.45, 7) is 10.1. The summed E-state index contributed by atoms with van der Waals surface area (Å²) in [5.74, 6) is 0. The first-order chi connectivity index (χ1) is 5.44. The monoisotopic (exact) mass is 171 g/mol. The van der Waals surface area contributed by atoms with E-state index in [1.54, 1.807) is 7.11 Å². The number of nitrogens with one attached hydrogen (secondary N) is 1. The van der Waals surface area contributed by atoms with E-state index in [9.17, 15) is 0 Å². The molecule has 1 atom stereocenters. The second-order valence-corrected chi connectivity index (χ2v) is 3.81. The van der Waals surface area contributed by atoms with E-state index in [0.29, 0.717) is 6.04 Å². The second kappa shape index (κ2) is 4.63. The normalized spacial score (nSPS) is 14.4. The Kier molecular flexibility index (Phi) is 4.50. The van der Waals surface area contributed by atoms with Gasteiger partial charge in [-0.3, -0.25) is 0 Å². The van der Waals surface area contributed by atoms with E-state index < -0.39 is 0 Å². The van der Waals surface area contributed by atoms with Crippen molar-refractivity contribution in [3.63, 3.8) is 0 Å². The zero-order chi connectivity index (χ0) is 9.78. The number of methoxy groups -OCH3 is 1. The van der Waals surface area contributed by atoms with Crippen molar-refractivity contribution in [1.29, 1.82) is 0 Å².